The summed E-state index contributed by atoms with van der Waals surface area (Å²) in [5.74, 6) is -0.311. The van der Waals surface area contributed by atoms with Gasteiger partial charge in [0.25, 0.3) is 12.3 Å². The Hall–Kier alpha value is -2.96. The van der Waals surface area contributed by atoms with Gasteiger partial charge < -0.3 is 15.0 Å². The standard InChI is InChI=1S/C23H26F2N2O3/c1-14(15-8-6-5-7-9-15)27-19-11-10-16(20(24)25)12-17(19)13-18(21(27)28)26-22(29)30-23(2,3)4/h5-12,14,18,20H,13H2,1-4H3,(H,26,29)/t14-,18+/m0/s1. The van der Waals surface area contributed by atoms with Crippen LogP contribution in [0.1, 0.15) is 56.9 Å². The molecule has 30 heavy (non-hydrogen) atoms. The molecule has 1 aliphatic rings. The van der Waals surface area contributed by atoms with E-state index < -0.39 is 24.2 Å². The van der Waals surface area contributed by atoms with Crippen molar-refractivity contribution in [2.24, 2.45) is 0 Å². The molecule has 5 nitrogen and oxygen atoms in total. The Morgan fingerprint density at radius 2 is 1.80 bits per heavy atom. The molecule has 7 heteroatoms. The molecular weight excluding hydrogens is 390 g/mol. The van der Waals surface area contributed by atoms with Gasteiger partial charge in [0.2, 0.25) is 0 Å². The quantitative estimate of drug-likeness (QED) is 0.748. The van der Waals surface area contributed by atoms with Crippen molar-refractivity contribution in [3.63, 3.8) is 0 Å². The lowest BCUT2D eigenvalue weighted by Gasteiger charge is -2.38. The fourth-order valence-electron chi connectivity index (χ4n) is 3.58. The molecule has 2 aromatic rings. The van der Waals surface area contributed by atoms with Crippen LogP contribution >= 0.6 is 0 Å². The lowest BCUT2D eigenvalue weighted by atomic mass is 9.92. The molecule has 0 bridgehead atoms. The zero-order chi connectivity index (χ0) is 22.1. The number of nitrogens with one attached hydrogen (secondary N) is 1. The topological polar surface area (TPSA) is 58.6 Å². The summed E-state index contributed by atoms with van der Waals surface area (Å²) in [5, 5.41) is 2.61. The maximum Gasteiger partial charge on any atom is 0.408 e. The second kappa shape index (κ2) is 8.42. The SMILES string of the molecule is C[C@@H](c1ccccc1)N1C(=O)[C@H](NC(=O)OC(C)(C)C)Cc2cc(C(F)F)ccc21. The van der Waals surface area contributed by atoms with Crippen LogP contribution in [0, 0.1) is 0 Å². The Kier molecular flexibility index (Phi) is 6.10. The highest BCUT2D eigenvalue weighted by atomic mass is 19.3. The highest BCUT2D eigenvalue weighted by molar-refractivity contribution is 6.02. The van der Waals surface area contributed by atoms with Gasteiger partial charge in [-0.25, -0.2) is 13.6 Å². The molecule has 160 valence electrons. The van der Waals surface area contributed by atoms with Gasteiger partial charge in [-0.3, -0.25) is 4.79 Å². The third-order valence-electron chi connectivity index (χ3n) is 4.93. The second-order valence-electron chi connectivity index (χ2n) is 8.39. The van der Waals surface area contributed by atoms with Gasteiger partial charge in [-0.2, -0.15) is 0 Å². The maximum absolute atomic E-state index is 13.3. The molecule has 0 unspecified atom stereocenters. The molecule has 2 atom stereocenters. The number of anilines is 1. The van der Waals surface area contributed by atoms with E-state index in [9.17, 15) is 18.4 Å². The number of nitrogens with zero attached hydrogens (tertiary/aromatic N) is 1. The van der Waals surface area contributed by atoms with E-state index in [1.807, 2.05) is 37.3 Å². The lowest BCUT2D eigenvalue weighted by molar-refractivity contribution is -0.121. The smallest absolute Gasteiger partial charge is 0.408 e. The van der Waals surface area contributed by atoms with E-state index in [2.05, 4.69) is 5.32 Å². The Morgan fingerprint density at radius 3 is 2.40 bits per heavy atom. The summed E-state index contributed by atoms with van der Waals surface area (Å²) < 4.78 is 31.8. The third-order valence-corrected chi connectivity index (χ3v) is 4.93. The number of alkyl halides is 2. The van der Waals surface area contributed by atoms with E-state index in [4.69, 9.17) is 4.74 Å². The van der Waals surface area contributed by atoms with Gasteiger partial charge in [0.1, 0.15) is 11.6 Å². The van der Waals surface area contributed by atoms with Crippen LogP contribution < -0.4 is 10.2 Å². The lowest BCUT2D eigenvalue weighted by Crippen LogP contribution is -2.54. The van der Waals surface area contributed by atoms with Crippen LogP contribution in [0.3, 0.4) is 0 Å². The summed E-state index contributed by atoms with van der Waals surface area (Å²) in [4.78, 5) is 27.2. The Labute approximate surface area is 175 Å². The second-order valence-corrected chi connectivity index (χ2v) is 8.39. The van der Waals surface area contributed by atoms with Gasteiger partial charge in [-0.05, 0) is 51.0 Å². The number of alkyl carbamates (subject to hydrolysis) is 1. The summed E-state index contributed by atoms with van der Waals surface area (Å²) in [6, 6.07) is 12.5. The molecule has 0 spiro atoms. The van der Waals surface area contributed by atoms with E-state index in [0.717, 1.165) is 5.56 Å². The minimum atomic E-state index is -2.62. The molecule has 3 rings (SSSR count). The number of amides is 2. The number of ether oxygens (including phenoxy) is 1. The number of rotatable bonds is 4. The fourth-order valence-corrected chi connectivity index (χ4v) is 3.58. The molecule has 2 amide bonds. The predicted octanol–water partition coefficient (Wildman–Crippen LogP) is 5.17. The number of benzene rings is 2. The van der Waals surface area contributed by atoms with Crippen molar-refractivity contribution in [1.29, 1.82) is 0 Å². The van der Waals surface area contributed by atoms with Gasteiger partial charge in [-0.15, -0.1) is 0 Å². The van der Waals surface area contributed by atoms with Crippen molar-refractivity contribution in [3.8, 4) is 0 Å². The molecule has 0 aliphatic carbocycles. The summed E-state index contributed by atoms with van der Waals surface area (Å²) in [5.41, 5.74) is 1.21. The first kappa shape index (κ1) is 21.7. The van der Waals surface area contributed by atoms with Gasteiger partial charge in [0.15, 0.2) is 0 Å². The van der Waals surface area contributed by atoms with Crippen molar-refractivity contribution in [1.82, 2.24) is 5.32 Å². The average Bonchev–Trinajstić information content (AvgIpc) is 2.67. The van der Waals surface area contributed by atoms with Crippen molar-refractivity contribution in [2.45, 2.75) is 58.2 Å². The van der Waals surface area contributed by atoms with Gasteiger partial charge in [0.05, 0.1) is 6.04 Å². The fraction of sp³-hybridized carbons (Fsp3) is 0.391. The van der Waals surface area contributed by atoms with Gasteiger partial charge in [-0.1, -0.05) is 36.4 Å². The molecule has 1 N–H and O–H groups in total. The molecule has 0 saturated heterocycles. The molecule has 0 fully saturated rings. The number of halogens is 2. The average molecular weight is 416 g/mol. The third kappa shape index (κ3) is 4.78. The highest BCUT2D eigenvalue weighted by Gasteiger charge is 2.37. The Morgan fingerprint density at radius 1 is 1.13 bits per heavy atom. The number of carbonyl (C=O) groups is 2. The van der Waals surface area contributed by atoms with Crippen LogP contribution in [0.4, 0.5) is 19.3 Å². The van der Waals surface area contributed by atoms with Gasteiger partial charge >= 0.3 is 6.09 Å². The summed E-state index contributed by atoms with van der Waals surface area (Å²) in [6.45, 7) is 7.05. The molecular formula is C23H26F2N2O3. The van der Waals surface area contributed by atoms with Crippen molar-refractivity contribution < 1.29 is 23.1 Å². The number of carbonyl (C=O) groups excluding carboxylic acids is 2. The van der Waals surface area contributed by atoms with E-state index in [-0.39, 0.29) is 23.9 Å². The van der Waals surface area contributed by atoms with E-state index in [1.165, 1.54) is 12.1 Å². The molecule has 0 aromatic heterocycles. The van der Waals surface area contributed by atoms with Crippen molar-refractivity contribution in [3.05, 3.63) is 65.2 Å². The van der Waals surface area contributed by atoms with Crippen LogP contribution in [0.2, 0.25) is 0 Å². The van der Waals surface area contributed by atoms with Crippen molar-refractivity contribution >= 4 is 17.7 Å². The van der Waals surface area contributed by atoms with Crippen LogP contribution in [-0.2, 0) is 16.0 Å². The molecule has 0 radical (unpaired) electrons. The maximum atomic E-state index is 13.3. The molecule has 1 heterocycles. The molecule has 2 aromatic carbocycles. The zero-order valence-electron chi connectivity index (χ0n) is 17.5. The van der Waals surface area contributed by atoms with E-state index >= 15 is 0 Å². The first-order chi connectivity index (χ1) is 14.1. The minimum Gasteiger partial charge on any atom is -0.444 e. The van der Waals surface area contributed by atoms with E-state index in [0.29, 0.717) is 11.3 Å². The predicted molar refractivity (Wildman–Crippen MR) is 111 cm³/mol. The monoisotopic (exact) mass is 416 g/mol. The summed E-state index contributed by atoms with van der Waals surface area (Å²) >= 11 is 0. The largest absolute Gasteiger partial charge is 0.444 e. The van der Waals surface area contributed by atoms with Crippen LogP contribution in [-0.4, -0.2) is 23.6 Å². The Balaban J connectivity index is 1.98. The number of hydrogen-bond acceptors (Lipinski definition) is 3. The minimum absolute atomic E-state index is 0.117. The normalized spacial score (nSPS) is 17.5. The summed E-state index contributed by atoms with van der Waals surface area (Å²) in [7, 11) is 0. The summed E-state index contributed by atoms with van der Waals surface area (Å²) in [6.07, 6.45) is -3.22. The number of fused-ring (bicyclic) bond motifs is 1. The van der Waals surface area contributed by atoms with Crippen LogP contribution in [0.15, 0.2) is 48.5 Å². The van der Waals surface area contributed by atoms with E-state index in [1.54, 1.807) is 31.7 Å². The first-order valence-corrected chi connectivity index (χ1v) is 9.85. The van der Waals surface area contributed by atoms with Gasteiger partial charge in [0, 0.05) is 17.7 Å². The first-order valence-electron chi connectivity index (χ1n) is 9.85. The highest BCUT2D eigenvalue weighted by Crippen LogP contribution is 2.37. The Bertz CT molecular complexity index is 926. The zero-order valence-corrected chi connectivity index (χ0v) is 17.5. The van der Waals surface area contributed by atoms with Crippen LogP contribution in [0.25, 0.3) is 0 Å². The molecule has 1 aliphatic heterocycles. The van der Waals surface area contributed by atoms with Crippen molar-refractivity contribution in [2.75, 3.05) is 4.90 Å². The van der Waals surface area contributed by atoms with Crippen LogP contribution in [0.5, 0.6) is 0 Å². The molecule has 0 saturated carbocycles. The number of hydrogen-bond donors (Lipinski definition) is 1.